The summed E-state index contributed by atoms with van der Waals surface area (Å²) in [7, 11) is -3.69. The zero-order chi connectivity index (χ0) is 28.4. The number of amides is 1. The van der Waals surface area contributed by atoms with Gasteiger partial charge >= 0.3 is 0 Å². The van der Waals surface area contributed by atoms with Crippen LogP contribution in [0.1, 0.15) is 37.0 Å². The Morgan fingerprint density at radius 1 is 1.10 bits per heavy atom. The van der Waals surface area contributed by atoms with E-state index < -0.39 is 21.7 Å². The molecule has 0 bridgehead atoms. The number of halogens is 3. The number of benzene rings is 2. The molecule has 1 aromatic heterocycles. The van der Waals surface area contributed by atoms with Crippen molar-refractivity contribution in [3.8, 4) is 0 Å². The number of ether oxygens (including phenoxy) is 1. The summed E-state index contributed by atoms with van der Waals surface area (Å²) in [6, 6.07) is 7.93. The fourth-order valence-corrected chi connectivity index (χ4v) is 8.21. The Morgan fingerprint density at radius 2 is 1.76 bits per heavy atom. The molecule has 2 unspecified atom stereocenters. The molecule has 2 saturated heterocycles. The standard InChI is InChI=1S/C28H34F2N4O4S2.ClH/c1-19-14-20(2)18-33(17-19)40(36,37)23-6-4-21(5-7-23)27(35)34(9-3-8-32-10-12-38-13-11-32)28-31-26-24(30)15-22(29)16-25(26)39-28;/h4-7,15-16,19-20H,3,8-14,17-18H2,1-2H3;1H. The predicted molar refractivity (Wildman–Crippen MR) is 158 cm³/mol. The minimum Gasteiger partial charge on any atom is -0.379 e. The van der Waals surface area contributed by atoms with Crippen LogP contribution in [-0.4, -0.2) is 81.0 Å². The minimum absolute atomic E-state index is 0. The lowest BCUT2D eigenvalue weighted by Crippen LogP contribution is -2.42. The average Bonchev–Trinajstić information content (AvgIpc) is 3.35. The smallest absolute Gasteiger partial charge is 0.260 e. The molecule has 0 aliphatic carbocycles. The van der Waals surface area contributed by atoms with Crippen molar-refractivity contribution >= 4 is 55.0 Å². The molecule has 3 heterocycles. The summed E-state index contributed by atoms with van der Waals surface area (Å²) in [6.45, 7) is 9.04. The van der Waals surface area contributed by atoms with Crippen LogP contribution in [0.5, 0.6) is 0 Å². The second kappa shape index (κ2) is 13.4. The van der Waals surface area contributed by atoms with Gasteiger partial charge in [-0.1, -0.05) is 25.2 Å². The van der Waals surface area contributed by atoms with Crippen molar-refractivity contribution in [3.05, 3.63) is 53.6 Å². The number of aromatic nitrogens is 1. The van der Waals surface area contributed by atoms with Crippen molar-refractivity contribution in [1.82, 2.24) is 14.2 Å². The molecule has 2 aliphatic heterocycles. The predicted octanol–water partition coefficient (Wildman–Crippen LogP) is 5.03. The van der Waals surface area contributed by atoms with Gasteiger partial charge in [-0.2, -0.15) is 4.31 Å². The lowest BCUT2D eigenvalue weighted by Gasteiger charge is -2.34. The van der Waals surface area contributed by atoms with Gasteiger partial charge in [0.2, 0.25) is 10.0 Å². The van der Waals surface area contributed by atoms with Crippen molar-refractivity contribution in [2.45, 2.75) is 31.6 Å². The number of hydrogen-bond acceptors (Lipinski definition) is 7. The van der Waals surface area contributed by atoms with Crippen LogP contribution >= 0.6 is 23.7 Å². The third kappa shape index (κ3) is 7.23. The molecular formula is C28H35ClF2N4O4S2. The Bertz CT molecular complexity index is 1460. The molecule has 2 fully saturated rings. The number of anilines is 1. The van der Waals surface area contributed by atoms with Gasteiger partial charge in [0.25, 0.3) is 5.91 Å². The monoisotopic (exact) mass is 628 g/mol. The second-order valence-electron chi connectivity index (χ2n) is 10.8. The van der Waals surface area contributed by atoms with Gasteiger partial charge in [-0.3, -0.25) is 14.6 Å². The van der Waals surface area contributed by atoms with E-state index in [0.717, 1.165) is 43.5 Å². The highest BCUT2D eigenvalue weighted by atomic mass is 35.5. The first-order chi connectivity index (χ1) is 19.1. The van der Waals surface area contributed by atoms with E-state index in [1.807, 2.05) is 0 Å². The van der Waals surface area contributed by atoms with Gasteiger partial charge < -0.3 is 4.74 Å². The first kappa shape index (κ1) is 31.7. The number of rotatable bonds is 8. The van der Waals surface area contributed by atoms with E-state index in [-0.39, 0.29) is 51.3 Å². The topological polar surface area (TPSA) is 83.1 Å². The first-order valence-electron chi connectivity index (χ1n) is 13.6. The van der Waals surface area contributed by atoms with E-state index in [1.54, 1.807) is 0 Å². The molecule has 2 atom stereocenters. The average molecular weight is 629 g/mol. The van der Waals surface area contributed by atoms with Gasteiger partial charge in [-0.05, 0) is 55.0 Å². The molecule has 13 heteroatoms. The fourth-order valence-electron chi connectivity index (χ4n) is 5.50. The highest BCUT2D eigenvalue weighted by Gasteiger charge is 2.32. The molecule has 8 nitrogen and oxygen atoms in total. The zero-order valence-electron chi connectivity index (χ0n) is 23.1. The molecule has 0 radical (unpaired) electrons. The summed E-state index contributed by atoms with van der Waals surface area (Å²) in [5.41, 5.74) is 0.301. The molecule has 1 amide bonds. The number of carbonyl (C=O) groups is 1. The Morgan fingerprint density at radius 3 is 2.41 bits per heavy atom. The number of piperidine rings is 1. The Labute approximate surface area is 249 Å². The largest absolute Gasteiger partial charge is 0.379 e. The summed E-state index contributed by atoms with van der Waals surface area (Å²) < 4.78 is 62.1. The first-order valence-corrected chi connectivity index (χ1v) is 15.8. The summed E-state index contributed by atoms with van der Waals surface area (Å²) in [5, 5.41) is 0.263. The number of sulfonamides is 1. The highest BCUT2D eigenvalue weighted by Crippen LogP contribution is 2.33. The Kier molecular flexibility index (Phi) is 10.4. The lowest BCUT2D eigenvalue weighted by molar-refractivity contribution is 0.0376. The van der Waals surface area contributed by atoms with Crippen LogP contribution in [0, 0.1) is 23.5 Å². The molecule has 41 heavy (non-hydrogen) atoms. The van der Waals surface area contributed by atoms with E-state index in [9.17, 15) is 22.0 Å². The van der Waals surface area contributed by atoms with E-state index >= 15 is 0 Å². The maximum Gasteiger partial charge on any atom is 0.260 e. The number of nitrogens with zero attached hydrogens (tertiary/aromatic N) is 4. The van der Waals surface area contributed by atoms with Crippen LogP contribution in [0.15, 0.2) is 41.3 Å². The molecular weight excluding hydrogens is 594 g/mol. The van der Waals surface area contributed by atoms with Gasteiger partial charge in [0.15, 0.2) is 10.9 Å². The maximum absolute atomic E-state index is 14.4. The van der Waals surface area contributed by atoms with Crippen molar-refractivity contribution in [1.29, 1.82) is 0 Å². The Balaban J connectivity index is 0.00000387. The third-order valence-corrected chi connectivity index (χ3v) is 10.3. The summed E-state index contributed by atoms with van der Waals surface area (Å²) in [4.78, 5) is 21.9. The molecule has 3 aromatic rings. The SMILES string of the molecule is CC1CC(C)CN(S(=O)(=O)c2ccc(C(=O)N(CCCN3CCOCC3)c3nc4c(F)cc(F)cc4s3)cc2)C1.Cl. The van der Waals surface area contributed by atoms with Crippen molar-refractivity contribution in [3.63, 3.8) is 0 Å². The summed E-state index contributed by atoms with van der Waals surface area (Å²) >= 11 is 1.05. The van der Waals surface area contributed by atoms with Crippen LogP contribution < -0.4 is 4.90 Å². The molecule has 2 aromatic carbocycles. The summed E-state index contributed by atoms with van der Waals surface area (Å²) in [5.74, 6) is -1.32. The minimum atomic E-state index is -3.69. The van der Waals surface area contributed by atoms with Gasteiger partial charge in [0.1, 0.15) is 11.3 Å². The van der Waals surface area contributed by atoms with Gasteiger partial charge in [0, 0.05) is 50.9 Å². The lowest BCUT2D eigenvalue weighted by atomic mass is 9.94. The van der Waals surface area contributed by atoms with E-state index in [4.69, 9.17) is 4.74 Å². The number of thiazole rings is 1. The van der Waals surface area contributed by atoms with E-state index in [0.29, 0.717) is 44.0 Å². The van der Waals surface area contributed by atoms with Crippen LogP contribution in [0.2, 0.25) is 0 Å². The number of morpholine rings is 1. The van der Waals surface area contributed by atoms with E-state index in [2.05, 4.69) is 23.7 Å². The van der Waals surface area contributed by atoms with Gasteiger partial charge in [0.05, 0.1) is 22.8 Å². The highest BCUT2D eigenvalue weighted by molar-refractivity contribution is 7.89. The van der Waals surface area contributed by atoms with Gasteiger partial charge in [-0.25, -0.2) is 22.2 Å². The van der Waals surface area contributed by atoms with Crippen LogP contribution in [0.4, 0.5) is 13.9 Å². The third-order valence-electron chi connectivity index (χ3n) is 7.41. The van der Waals surface area contributed by atoms with Crippen molar-refractivity contribution < 1.29 is 26.7 Å². The Hall–Kier alpha value is -2.22. The number of hydrogen-bond donors (Lipinski definition) is 0. The molecule has 0 spiro atoms. The van der Waals surface area contributed by atoms with Gasteiger partial charge in [-0.15, -0.1) is 12.4 Å². The number of fused-ring (bicyclic) bond motifs is 1. The van der Waals surface area contributed by atoms with Crippen molar-refractivity contribution in [2.75, 3.05) is 57.4 Å². The zero-order valence-corrected chi connectivity index (χ0v) is 25.5. The van der Waals surface area contributed by atoms with E-state index in [1.165, 1.54) is 39.5 Å². The molecule has 5 rings (SSSR count). The quantitative estimate of drug-likeness (QED) is 0.348. The summed E-state index contributed by atoms with van der Waals surface area (Å²) in [6.07, 6.45) is 1.62. The fraction of sp³-hybridized carbons (Fsp3) is 0.500. The maximum atomic E-state index is 14.4. The molecule has 224 valence electrons. The van der Waals surface area contributed by atoms with Crippen LogP contribution in [0.25, 0.3) is 10.2 Å². The second-order valence-corrected chi connectivity index (χ2v) is 13.7. The molecule has 0 N–H and O–H groups in total. The number of carbonyl (C=O) groups excluding carboxylic acids is 1. The van der Waals surface area contributed by atoms with Crippen LogP contribution in [-0.2, 0) is 14.8 Å². The molecule has 0 saturated carbocycles. The molecule has 2 aliphatic rings. The van der Waals surface area contributed by atoms with Crippen LogP contribution in [0.3, 0.4) is 0 Å². The normalized spacial score (nSPS) is 20.6. The van der Waals surface area contributed by atoms with Crippen molar-refractivity contribution in [2.24, 2.45) is 11.8 Å².